The molecule has 2 nitrogen and oxygen atoms in total. The van der Waals surface area contributed by atoms with Gasteiger partial charge in [0.15, 0.2) is 0 Å². The van der Waals surface area contributed by atoms with Crippen molar-refractivity contribution in [2.45, 2.75) is 0 Å². The van der Waals surface area contributed by atoms with Gasteiger partial charge in [-0.05, 0) is 17.7 Å². The second kappa shape index (κ2) is 6.40. The molecule has 0 atom stereocenters. The molecule has 0 fully saturated rings. The normalized spacial score (nSPS) is 10.4. The Morgan fingerprint density at radius 3 is 2.22 bits per heavy atom. The van der Waals surface area contributed by atoms with Crippen molar-refractivity contribution >= 4 is 12.0 Å². The van der Waals surface area contributed by atoms with Crippen molar-refractivity contribution in [1.29, 1.82) is 0 Å². The number of rotatable bonds is 4. The Morgan fingerprint density at radius 2 is 1.56 bits per heavy atom. The summed E-state index contributed by atoms with van der Waals surface area (Å²) in [6.07, 6.45) is 3.93. The molecule has 0 spiro atoms. The fourth-order valence-electron chi connectivity index (χ4n) is 1.60. The lowest BCUT2D eigenvalue weighted by Gasteiger charge is -2.01. The third-order valence-corrected chi connectivity index (χ3v) is 2.53. The maximum absolute atomic E-state index is 11.7. The summed E-state index contributed by atoms with van der Waals surface area (Å²) in [6, 6.07) is 19.2. The van der Waals surface area contributed by atoms with Crippen LogP contribution in [0.1, 0.15) is 15.9 Å². The van der Waals surface area contributed by atoms with Gasteiger partial charge in [0.1, 0.15) is 0 Å². The van der Waals surface area contributed by atoms with Gasteiger partial charge in [0.2, 0.25) is 0 Å². The summed E-state index contributed by atoms with van der Waals surface area (Å²) in [5.41, 5.74) is 1.82. The second-order valence-corrected chi connectivity index (χ2v) is 3.89. The predicted molar refractivity (Wildman–Crippen MR) is 74.3 cm³/mol. The maximum atomic E-state index is 11.7. The van der Waals surface area contributed by atoms with Crippen LogP contribution in [0.15, 0.2) is 66.7 Å². The van der Waals surface area contributed by atoms with Crippen molar-refractivity contribution < 1.29 is 4.79 Å². The fourth-order valence-corrected chi connectivity index (χ4v) is 1.60. The molecule has 90 valence electrons. The number of hydrogen-bond acceptors (Lipinski definition) is 1. The standard InChI is InChI=1S/C16H15NO/c18-16(15-11-5-2-6-12-15)17-13-7-10-14-8-3-1-4-9-14/h1-12H,13H2,(H,17,18). The van der Waals surface area contributed by atoms with Crippen molar-refractivity contribution in [3.8, 4) is 0 Å². The van der Waals surface area contributed by atoms with E-state index in [1.54, 1.807) is 12.1 Å². The average molecular weight is 237 g/mol. The SMILES string of the molecule is O=C(NCC=Cc1ccccc1)c1ccccc1. The van der Waals surface area contributed by atoms with Crippen LogP contribution >= 0.6 is 0 Å². The first-order chi connectivity index (χ1) is 8.86. The van der Waals surface area contributed by atoms with Gasteiger partial charge in [-0.25, -0.2) is 0 Å². The summed E-state index contributed by atoms with van der Waals surface area (Å²) in [7, 11) is 0. The van der Waals surface area contributed by atoms with Crippen LogP contribution in [0.25, 0.3) is 6.08 Å². The van der Waals surface area contributed by atoms with E-state index in [0.29, 0.717) is 12.1 Å². The minimum atomic E-state index is -0.0479. The molecule has 1 N–H and O–H groups in total. The molecule has 0 aliphatic heterocycles. The molecule has 18 heavy (non-hydrogen) atoms. The molecule has 0 unspecified atom stereocenters. The molecule has 0 saturated heterocycles. The summed E-state index contributed by atoms with van der Waals surface area (Å²) in [6.45, 7) is 0.530. The lowest BCUT2D eigenvalue weighted by molar-refractivity contribution is 0.0958. The number of carbonyl (C=O) groups excluding carboxylic acids is 1. The van der Waals surface area contributed by atoms with Crippen LogP contribution in [0.4, 0.5) is 0 Å². The molecule has 2 aromatic rings. The highest BCUT2D eigenvalue weighted by molar-refractivity contribution is 5.94. The van der Waals surface area contributed by atoms with E-state index in [2.05, 4.69) is 5.32 Å². The number of nitrogens with one attached hydrogen (secondary N) is 1. The summed E-state index contributed by atoms with van der Waals surface area (Å²) in [4.78, 5) is 11.7. The summed E-state index contributed by atoms with van der Waals surface area (Å²) < 4.78 is 0. The largest absolute Gasteiger partial charge is 0.349 e. The topological polar surface area (TPSA) is 29.1 Å². The van der Waals surface area contributed by atoms with Gasteiger partial charge in [0.05, 0.1) is 0 Å². The molecule has 0 aromatic heterocycles. The highest BCUT2D eigenvalue weighted by atomic mass is 16.1. The minimum absolute atomic E-state index is 0.0479. The van der Waals surface area contributed by atoms with Gasteiger partial charge in [-0.2, -0.15) is 0 Å². The monoisotopic (exact) mass is 237 g/mol. The smallest absolute Gasteiger partial charge is 0.251 e. The van der Waals surface area contributed by atoms with Crippen molar-refractivity contribution in [3.63, 3.8) is 0 Å². The van der Waals surface area contributed by atoms with Gasteiger partial charge < -0.3 is 5.32 Å². The van der Waals surface area contributed by atoms with Gasteiger partial charge in [-0.1, -0.05) is 60.7 Å². The molecule has 0 heterocycles. The highest BCUT2D eigenvalue weighted by Gasteiger charge is 2.00. The minimum Gasteiger partial charge on any atom is -0.349 e. The van der Waals surface area contributed by atoms with Crippen LogP contribution in [-0.4, -0.2) is 12.5 Å². The molecule has 0 radical (unpaired) electrons. The fraction of sp³-hybridized carbons (Fsp3) is 0.0625. The van der Waals surface area contributed by atoms with E-state index in [1.165, 1.54) is 0 Å². The molecule has 1 amide bonds. The van der Waals surface area contributed by atoms with Crippen molar-refractivity contribution in [2.24, 2.45) is 0 Å². The Kier molecular flexibility index (Phi) is 4.31. The van der Waals surface area contributed by atoms with Gasteiger partial charge in [0.25, 0.3) is 5.91 Å². The van der Waals surface area contributed by atoms with Crippen LogP contribution in [0.3, 0.4) is 0 Å². The van der Waals surface area contributed by atoms with Crippen LogP contribution in [0.2, 0.25) is 0 Å². The Hall–Kier alpha value is -2.35. The van der Waals surface area contributed by atoms with E-state index in [-0.39, 0.29) is 5.91 Å². The first-order valence-electron chi connectivity index (χ1n) is 5.91. The first-order valence-corrected chi connectivity index (χ1v) is 5.91. The number of carbonyl (C=O) groups is 1. The van der Waals surface area contributed by atoms with Gasteiger partial charge in [-0.3, -0.25) is 4.79 Å². The zero-order chi connectivity index (χ0) is 12.6. The van der Waals surface area contributed by atoms with Crippen LogP contribution in [0.5, 0.6) is 0 Å². The van der Waals surface area contributed by atoms with Gasteiger partial charge in [0, 0.05) is 12.1 Å². The average Bonchev–Trinajstić information content (AvgIpc) is 2.45. The Morgan fingerprint density at radius 1 is 0.944 bits per heavy atom. The zero-order valence-corrected chi connectivity index (χ0v) is 10.0. The summed E-state index contributed by atoms with van der Waals surface area (Å²) in [5, 5.41) is 2.84. The second-order valence-electron chi connectivity index (χ2n) is 3.89. The van der Waals surface area contributed by atoms with Crippen molar-refractivity contribution in [1.82, 2.24) is 5.32 Å². The third-order valence-electron chi connectivity index (χ3n) is 2.53. The lowest BCUT2D eigenvalue weighted by Crippen LogP contribution is -2.23. The van der Waals surface area contributed by atoms with Gasteiger partial charge >= 0.3 is 0 Å². The Labute approximate surface area is 107 Å². The summed E-state index contributed by atoms with van der Waals surface area (Å²) >= 11 is 0. The summed E-state index contributed by atoms with van der Waals surface area (Å²) in [5.74, 6) is -0.0479. The van der Waals surface area contributed by atoms with E-state index < -0.39 is 0 Å². The van der Waals surface area contributed by atoms with Crippen molar-refractivity contribution in [2.75, 3.05) is 6.54 Å². The van der Waals surface area contributed by atoms with E-state index in [4.69, 9.17) is 0 Å². The third kappa shape index (κ3) is 3.59. The maximum Gasteiger partial charge on any atom is 0.251 e. The molecule has 2 heteroatoms. The molecular formula is C16H15NO. The Balaban J connectivity index is 1.83. The zero-order valence-electron chi connectivity index (χ0n) is 10.0. The Bertz CT molecular complexity index is 517. The predicted octanol–water partition coefficient (Wildman–Crippen LogP) is 3.13. The van der Waals surface area contributed by atoms with Gasteiger partial charge in [-0.15, -0.1) is 0 Å². The highest BCUT2D eigenvalue weighted by Crippen LogP contribution is 2.00. The van der Waals surface area contributed by atoms with Crippen LogP contribution in [-0.2, 0) is 0 Å². The van der Waals surface area contributed by atoms with E-state index >= 15 is 0 Å². The molecule has 0 aliphatic carbocycles. The molecule has 0 saturated carbocycles. The molecule has 0 bridgehead atoms. The number of hydrogen-bond donors (Lipinski definition) is 1. The van der Waals surface area contributed by atoms with E-state index in [0.717, 1.165) is 5.56 Å². The number of benzene rings is 2. The molecule has 2 rings (SSSR count). The lowest BCUT2D eigenvalue weighted by atomic mass is 10.2. The first kappa shape index (κ1) is 12.1. The van der Waals surface area contributed by atoms with Crippen molar-refractivity contribution in [3.05, 3.63) is 77.9 Å². The van der Waals surface area contributed by atoms with E-state index in [9.17, 15) is 4.79 Å². The number of amides is 1. The van der Waals surface area contributed by atoms with E-state index in [1.807, 2.05) is 60.7 Å². The quantitative estimate of drug-likeness (QED) is 0.869. The molecular weight excluding hydrogens is 222 g/mol. The van der Waals surface area contributed by atoms with Crippen LogP contribution < -0.4 is 5.32 Å². The molecule has 2 aromatic carbocycles. The van der Waals surface area contributed by atoms with Crippen LogP contribution in [0, 0.1) is 0 Å². The molecule has 0 aliphatic rings.